The average molecular weight is 351 g/mol. The zero-order chi connectivity index (χ0) is 16.2. The van der Waals surface area contributed by atoms with Gasteiger partial charge in [-0.2, -0.15) is 0 Å². The molecule has 2 aromatic rings. The van der Waals surface area contributed by atoms with Gasteiger partial charge in [-0.05, 0) is 38.3 Å². The van der Waals surface area contributed by atoms with Gasteiger partial charge in [0, 0.05) is 42.3 Å². The molecule has 4 nitrogen and oxygen atoms in total. The van der Waals surface area contributed by atoms with E-state index in [9.17, 15) is 0 Å². The quantitative estimate of drug-likeness (QED) is 0.890. The minimum Gasteiger partial charge on any atom is -0.356 e. The number of aromatic nitrogens is 2. The van der Waals surface area contributed by atoms with Crippen molar-refractivity contribution in [2.75, 3.05) is 18.0 Å². The maximum absolute atomic E-state index is 5.98. The molecule has 0 aliphatic carbocycles. The monoisotopic (exact) mass is 350 g/mol. The van der Waals surface area contributed by atoms with Crippen molar-refractivity contribution in [2.24, 2.45) is 0 Å². The van der Waals surface area contributed by atoms with E-state index in [1.807, 2.05) is 13.0 Å². The lowest BCUT2D eigenvalue weighted by Crippen LogP contribution is -2.42. The van der Waals surface area contributed by atoms with Gasteiger partial charge in [0.1, 0.15) is 11.6 Å². The van der Waals surface area contributed by atoms with Crippen molar-refractivity contribution in [2.45, 2.75) is 45.7 Å². The SMILES string of the molecule is CCc1cc(N2CCC(NCc3ccc(Cl)s3)CC2)nc(C)n1. The minimum atomic E-state index is 0.570. The van der Waals surface area contributed by atoms with E-state index in [1.54, 1.807) is 11.3 Å². The molecule has 1 aliphatic heterocycles. The lowest BCUT2D eigenvalue weighted by atomic mass is 10.0. The molecule has 1 fully saturated rings. The topological polar surface area (TPSA) is 41.0 Å². The average Bonchev–Trinajstić information content (AvgIpc) is 2.98. The number of nitrogens with one attached hydrogen (secondary N) is 1. The van der Waals surface area contributed by atoms with Gasteiger partial charge in [-0.1, -0.05) is 18.5 Å². The molecule has 0 aromatic carbocycles. The van der Waals surface area contributed by atoms with Gasteiger partial charge >= 0.3 is 0 Å². The minimum absolute atomic E-state index is 0.570. The molecule has 23 heavy (non-hydrogen) atoms. The van der Waals surface area contributed by atoms with Crippen molar-refractivity contribution in [3.8, 4) is 0 Å². The van der Waals surface area contributed by atoms with Crippen molar-refractivity contribution in [3.05, 3.63) is 38.9 Å². The van der Waals surface area contributed by atoms with E-state index in [2.05, 4.69) is 39.2 Å². The molecule has 0 saturated carbocycles. The highest BCUT2D eigenvalue weighted by Crippen LogP contribution is 2.23. The molecule has 0 unspecified atom stereocenters. The number of aryl methyl sites for hydroxylation is 2. The molecule has 1 aliphatic rings. The highest BCUT2D eigenvalue weighted by molar-refractivity contribution is 7.16. The standard InChI is InChI=1S/C17H23ClN4S/c1-3-13-10-17(21-12(2)20-13)22-8-6-14(7-9-22)19-11-15-4-5-16(18)23-15/h4-5,10,14,19H,3,6-9,11H2,1-2H3. The Morgan fingerprint density at radius 1 is 1.30 bits per heavy atom. The summed E-state index contributed by atoms with van der Waals surface area (Å²) in [5, 5.41) is 3.65. The van der Waals surface area contributed by atoms with Crippen molar-refractivity contribution < 1.29 is 0 Å². The van der Waals surface area contributed by atoms with E-state index >= 15 is 0 Å². The van der Waals surface area contributed by atoms with Crippen LogP contribution < -0.4 is 10.2 Å². The first-order valence-corrected chi connectivity index (χ1v) is 9.40. The normalized spacial score (nSPS) is 16.0. The summed E-state index contributed by atoms with van der Waals surface area (Å²) in [7, 11) is 0. The fourth-order valence-electron chi connectivity index (χ4n) is 2.96. The van der Waals surface area contributed by atoms with Crippen LogP contribution in [0.3, 0.4) is 0 Å². The number of halogens is 1. The van der Waals surface area contributed by atoms with Gasteiger partial charge in [-0.15, -0.1) is 11.3 Å². The van der Waals surface area contributed by atoms with Crippen LogP contribution in [0.5, 0.6) is 0 Å². The number of hydrogen-bond donors (Lipinski definition) is 1. The number of piperidine rings is 1. The van der Waals surface area contributed by atoms with Gasteiger partial charge in [0.05, 0.1) is 4.34 Å². The molecule has 3 rings (SSSR count). The summed E-state index contributed by atoms with van der Waals surface area (Å²) >= 11 is 7.63. The van der Waals surface area contributed by atoms with E-state index in [0.29, 0.717) is 6.04 Å². The third-order valence-corrected chi connectivity index (χ3v) is 5.48. The van der Waals surface area contributed by atoms with Crippen LogP contribution in [0.2, 0.25) is 4.34 Å². The molecular formula is C17H23ClN4S. The Kier molecular flexibility index (Phi) is 5.51. The van der Waals surface area contributed by atoms with E-state index < -0.39 is 0 Å². The maximum atomic E-state index is 5.98. The summed E-state index contributed by atoms with van der Waals surface area (Å²) in [6, 6.07) is 6.77. The van der Waals surface area contributed by atoms with Crippen molar-refractivity contribution in [1.82, 2.24) is 15.3 Å². The Balaban J connectivity index is 1.53. The molecule has 0 atom stereocenters. The van der Waals surface area contributed by atoms with Gasteiger partial charge < -0.3 is 10.2 Å². The highest BCUT2D eigenvalue weighted by Gasteiger charge is 2.20. The molecule has 2 aromatic heterocycles. The molecule has 124 valence electrons. The molecule has 0 bridgehead atoms. The van der Waals surface area contributed by atoms with E-state index in [4.69, 9.17) is 11.6 Å². The smallest absolute Gasteiger partial charge is 0.132 e. The Labute approximate surface area is 146 Å². The Morgan fingerprint density at radius 2 is 2.09 bits per heavy atom. The highest BCUT2D eigenvalue weighted by atomic mass is 35.5. The van der Waals surface area contributed by atoms with Gasteiger partial charge in [-0.3, -0.25) is 0 Å². The summed E-state index contributed by atoms with van der Waals surface area (Å²) in [6.07, 6.45) is 3.24. The van der Waals surface area contributed by atoms with Crippen molar-refractivity contribution >= 4 is 28.8 Å². The first kappa shape index (κ1) is 16.7. The predicted molar refractivity (Wildman–Crippen MR) is 97.6 cm³/mol. The number of nitrogens with zero attached hydrogens (tertiary/aromatic N) is 3. The van der Waals surface area contributed by atoms with Crippen LogP contribution >= 0.6 is 22.9 Å². The number of thiophene rings is 1. The maximum Gasteiger partial charge on any atom is 0.132 e. The van der Waals surface area contributed by atoms with E-state index in [0.717, 1.165) is 60.6 Å². The van der Waals surface area contributed by atoms with E-state index in [1.165, 1.54) is 4.88 Å². The van der Waals surface area contributed by atoms with Crippen LogP contribution in [0.15, 0.2) is 18.2 Å². The first-order valence-electron chi connectivity index (χ1n) is 8.21. The van der Waals surface area contributed by atoms with Crippen LogP contribution in [-0.4, -0.2) is 29.1 Å². The van der Waals surface area contributed by atoms with Crippen molar-refractivity contribution in [3.63, 3.8) is 0 Å². The first-order chi connectivity index (χ1) is 11.1. The van der Waals surface area contributed by atoms with Gasteiger partial charge in [-0.25, -0.2) is 9.97 Å². The largest absolute Gasteiger partial charge is 0.356 e. The molecule has 0 spiro atoms. The molecule has 0 radical (unpaired) electrons. The number of anilines is 1. The zero-order valence-corrected chi connectivity index (χ0v) is 15.3. The molecule has 3 heterocycles. The van der Waals surface area contributed by atoms with Crippen LogP contribution in [-0.2, 0) is 13.0 Å². The summed E-state index contributed by atoms with van der Waals surface area (Å²) in [5.74, 6) is 1.95. The van der Waals surface area contributed by atoms with E-state index in [-0.39, 0.29) is 0 Å². The lowest BCUT2D eigenvalue weighted by molar-refractivity contribution is 0.414. The fourth-order valence-corrected chi connectivity index (χ4v) is 4.00. The third kappa shape index (κ3) is 4.43. The summed E-state index contributed by atoms with van der Waals surface area (Å²) in [5.41, 5.74) is 1.13. The molecule has 0 amide bonds. The van der Waals surface area contributed by atoms with Crippen LogP contribution in [0, 0.1) is 6.92 Å². The summed E-state index contributed by atoms with van der Waals surface area (Å²) in [4.78, 5) is 12.8. The molecule has 1 N–H and O–H groups in total. The summed E-state index contributed by atoms with van der Waals surface area (Å²) < 4.78 is 0.863. The number of hydrogen-bond acceptors (Lipinski definition) is 5. The Morgan fingerprint density at radius 3 is 2.74 bits per heavy atom. The zero-order valence-electron chi connectivity index (χ0n) is 13.7. The second-order valence-corrected chi connectivity index (χ2v) is 7.77. The fraction of sp³-hybridized carbons (Fsp3) is 0.529. The van der Waals surface area contributed by atoms with Crippen LogP contribution in [0.4, 0.5) is 5.82 Å². The predicted octanol–water partition coefficient (Wildman–Crippen LogP) is 3.82. The van der Waals surface area contributed by atoms with Gasteiger partial charge in [0.2, 0.25) is 0 Å². The van der Waals surface area contributed by atoms with Crippen LogP contribution in [0.25, 0.3) is 0 Å². The second kappa shape index (κ2) is 7.60. The Bertz CT molecular complexity index is 650. The lowest BCUT2D eigenvalue weighted by Gasteiger charge is -2.33. The van der Waals surface area contributed by atoms with Gasteiger partial charge in [0.15, 0.2) is 0 Å². The van der Waals surface area contributed by atoms with Gasteiger partial charge in [0.25, 0.3) is 0 Å². The molecular weight excluding hydrogens is 328 g/mol. The van der Waals surface area contributed by atoms with Crippen LogP contribution in [0.1, 0.15) is 36.2 Å². The second-order valence-electron chi connectivity index (χ2n) is 5.97. The number of rotatable bonds is 5. The molecule has 1 saturated heterocycles. The Hall–Kier alpha value is -1.17. The van der Waals surface area contributed by atoms with Crippen molar-refractivity contribution in [1.29, 1.82) is 0 Å². The molecule has 6 heteroatoms. The summed E-state index contributed by atoms with van der Waals surface area (Å²) in [6.45, 7) is 7.11. The third-order valence-electron chi connectivity index (χ3n) is 4.25.